The zero-order chi connectivity index (χ0) is 30.5. The van der Waals surface area contributed by atoms with Crippen molar-refractivity contribution in [3.63, 3.8) is 0 Å². The Kier molecular flexibility index (Phi) is 8.75. The minimum Gasteiger partial charge on any atom is -0.504 e. The third-order valence-electron chi connectivity index (χ3n) is 10.2. The molecule has 0 unspecified atom stereocenters. The second kappa shape index (κ2) is 12.6. The van der Waals surface area contributed by atoms with Crippen LogP contribution in [0.5, 0.6) is 23.0 Å². The molecule has 6 nitrogen and oxygen atoms in total. The number of hydrogen-bond donors (Lipinski definition) is 4. The van der Waals surface area contributed by atoms with Gasteiger partial charge < -0.3 is 20.4 Å². The molecule has 2 heterocycles. The molecule has 4 aromatic rings. The maximum atomic E-state index is 10.4. The van der Waals surface area contributed by atoms with Gasteiger partial charge in [-0.25, -0.2) is 0 Å². The number of rotatable bonds is 4. The predicted octanol–water partition coefficient (Wildman–Crippen LogP) is 7.68. The molecule has 0 bridgehead atoms. The molecule has 8 rings (SSSR count). The van der Waals surface area contributed by atoms with Crippen LogP contribution in [0, 0.1) is 0 Å². The highest BCUT2D eigenvalue weighted by Crippen LogP contribution is 2.51. The molecule has 0 radical (unpaired) electrons. The van der Waals surface area contributed by atoms with E-state index < -0.39 is 0 Å². The monoisotopic (exact) mass is 626 g/mol. The molecule has 0 amide bonds. The molecule has 2 atom stereocenters. The topological polar surface area (TPSA) is 87.4 Å². The van der Waals surface area contributed by atoms with E-state index in [4.69, 9.17) is 0 Å². The highest BCUT2D eigenvalue weighted by Gasteiger charge is 2.36. The first-order chi connectivity index (χ1) is 21.4. The van der Waals surface area contributed by atoms with Crippen molar-refractivity contribution < 1.29 is 20.4 Å². The summed E-state index contributed by atoms with van der Waals surface area (Å²) in [5.74, 6) is -0.0130. The van der Waals surface area contributed by atoms with E-state index in [0.29, 0.717) is 12.1 Å². The number of halogens is 1. The van der Waals surface area contributed by atoms with Gasteiger partial charge in [0.15, 0.2) is 23.0 Å². The summed E-state index contributed by atoms with van der Waals surface area (Å²) in [7, 11) is 0. The van der Waals surface area contributed by atoms with Crippen LogP contribution in [0.2, 0.25) is 0 Å². The molecule has 236 valence electrons. The molecule has 0 saturated carbocycles. The van der Waals surface area contributed by atoms with Crippen LogP contribution < -0.4 is 0 Å². The van der Waals surface area contributed by atoms with Crippen LogP contribution in [0.3, 0.4) is 0 Å². The summed E-state index contributed by atoms with van der Waals surface area (Å²) < 4.78 is 0. The van der Waals surface area contributed by atoms with Gasteiger partial charge in [0.2, 0.25) is 0 Å². The zero-order valence-corrected chi connectivity index (χ0v) is 26.9. The van der Waals surface area contributed by atoms with Crippen molar-refractivity contribution in [3.8, 4) is 45.3 Å². The van der Waals surface area contributed by atoms with Gasteiger partial charge in [0, 0.05) is 36.3 Å². The van der Waals surface area contributed by atoms with E-state index in [-0.39, 0.29) is 35.4 Å². The van der Waals surface area contributed by atoms with Crippen molar-refractivity contribution in [1.29, 1.82) is 0 Å². The fourth-order valence-electron chi connectivity index (χ4n) is 8.26. The number of hydrogen-bond acceptors (Lipinski definition) is 6. The lowest BCUT2D eigenvalue weighted by Crippen LogP contribution is -2.38. The first kappa shape index (κ1) is 31.3. The van der Waals surface area contributed by atoms with Gasteiger partial charge in [0.1, 0.15) is 0 Å². The summed E-state index contributed by atoms with van der Waals surface area (Å²) in [4.78, 5) is 5.14. The van der Waals surface area contributed by atoms with E-state index >= 15 is 0 Å². The average molecular weight is 627 g/mol. The number of nitrogens with zero attached hydrogens (tertiary/aromatic N) is 2. The Morgan fingerprint density at radius 3 is 1.40 bits per heavy atom. The van der Waals surface area contributed by atoms with E-state index in [0.717, 1.165) is 98.1 Å². The van der Waals surface area contributed by atoms with E-state index in [9.17, 15) is 20.4 Å². The smallest absolute Gasteiger partial charge is 0.165 e. The van der Waals surface area contributed by atoms with Gasteiger partial charge in [-0.05, 0) is 108 Å². The minimum absolute atomic E-state index is 0. The SMILES string of the molecule is CCCN1CCc2cccc3c2[C@H]1Cc1ccc(O)c(O)c1-3.CCCN1CCc2cccc3c2[C@H]1Cc1ccc(O)c(O)c1-3.Cl. The van der Waals surface area contributed by atoms with E-state index in [1.165, 1.54) is 22.3 Å². The van der Waals surface area contributed by atoms with Crippen LogP contribution in [-0.2, 0) is 25.7 Å². The Hall–Kier alpha value is -3.71. The van der Waals surface area contributed by atoms with Crippen LogP contribution in [0.4, 0.5) is 0 Å². The first-order valence-electron chi connectivity index (χ1n) is 16.2. The third kappa shape index (κ3) is 5.23. The molecule has 2 aliphatic carbocycles. The molecular weight excluding hydrogens is 584 g/mol. The highest BCUT2D eigenvalue weighted by atomic mass is 35.5. The normalized spacial score (nSPS) is 19.2. The van der Waals surface area contributed by atoms with Crippen molar-refractivity contribution in [1.82, 2.24) is 9.80 Å². The molecule has 0 fully saturated rings. The number of phenolic OH excluding ortho intramolecular Hbond substituents is 4. The maximum Gasteiger partial charge on any atom is 0.165 e. The van der Waals surface area contributed by atoms with Crippen molar-refractivity contribution in [3.05, 3.63) is 94.0 Å². The first-order valence-corrected chi connectivity index (χ1v) is 16.2. The van der Waals surface area contributed by atoms with Crippen molar-refractivity contribution >= 4 is 12.4 Å². The average Bonchev–Trinajstić information content (AvgIpc) is 3.04. The standard InChI is InChI=1S/2C19H21NO2.ClH/c2*1-2-9-20-10-8-12-4-3-5-14-17(12)15(20)11-13-6-7-16(21)19(22)18(13)14;/h2*3-7,15,21-22H,2,8-11H2,1H3;1H/t2*15-;/m11./s1. The summed E-state index contributed by atoms with van der Waals surface area (Å²) >= 11 is 0. The predicted molar refractivity (Wildman–Crippen MR) is 182 cm³/mol. The molecule has 0 saturated heterocycles. The summed E-state index contributed by atoms with van der Waals surface area (Å²) in [5.41, 5.74) is 11.6. The fraction of sp³-hybridized carbons (Fsp3) is 0.368. The molecule has 0 aromatic heterocycles. The van der Waals surface area contributed by atoms with Gasteiger partial charge in [0.05, 0.1) is 0 Å². The zero-order valence-electron chi connectivity index (χ0n) is 26.1. The highest BCUT2D eigenvalue weighted by molar-refractivity contribution is 5.85. The Morgan fingerprint density at radius 2 is 1.00 bits per heavy atom. The Labute approximate surface area is 272 Å². The Morgan fingerprint density at radius 1 is 0.578 bits per heavy atom. The molecule has 0 spiro atoms. The quantitative estimate of drug-likeness (QED) is 0.174. The molecule has 4 N–H and O–H groups in total. The Bertz CT molecular complexity index is 1610. The number of fused-ring (bicyclic) bond motifs is 4. The Balaban J connectivity index is 0.000000155. The van der Waals surface area contributed by atoms with Crippen molar-refractivity contribution in [2.24, 2.45) is 0 Å². The lowest BCUT2D eigenvalue weighted by atomic mass is 9.76. The number of aromatic hydroxyl groups is 4. The second-order valence-electron chi connectivity index (χ2n) is 12.7. The van der Waals surface area contributed by atoms with Gasteiger partial charge in [0.25, 0.3) is 0 Å². The van der Waals surface area contributed by atoms with Crippen molar-refractivity contribution in [2.75, 3.05) is 26.2 Å². The van der Waals surface area contributed by atoms with E-state index in [1.807, 2.05) is 12.1 Å². The molecule has 4 aromatic carbocycles. The number of benzene rings is 4. The van der Waals surface area contributed by atoms with Crippen LogP contribution in [0.15, 0.2) is 60.7 Å². The summed E-state index contributed by atoms with van der Waals surface area (Å²) in [6.45, 7) is 8.88. The van der Waals surface area contributed by atoms with Gasteiger partial charge in [-0.3, -0.25) is 9.80 Å². The van der Waals surface area contributed by atoms with Gasteiger partial charge in [-0.1, -0.05) is 62.4 Å². The fourth-order valence-corrected chi connectivity index (χ4v) is 8.26. The van der Waals surface area contributed by atoms with Crippen LogP contribution in [0.25, 0.3) is 22.3 Å². The molecule has 45 heavy (non-hydrogen) atoms. The lowest BCUT2D eigenvalue weighted by Gasteiger charge is -2.41. The summed E-state index contributed by atoms with van der Waals surface area (Å²) in [5, 5.41) is 40.5. The molecule has 4 aliphatic rings. The van der Waals surface area contributed by atoms with E-state index in [1.54, 1.807) is 12.1 Å². The largest absolute Gasteiger partial charge is 0.504 e. The summed E-state index contributed by atoms with van der Waals surface area (Å²) in [6.07, 6.45) is 6.26. The minimum atomic E-state index is -0.0315. The van der Waals surface area contributed by atoms with E-state index in [2.05, 4.69) is 60.0 Å². The second-order valence-corrected chi connectivity index (χ2v) is 12.7. The molecule has 7 heteroatoms. The van der Waals surface area contributed by atoms with Crippen LogP contribution >= 0.6 is 12.4 Å². The molecular formula is C38H43ClN2O4. The van der Waals surface area contributed by atoms with Gasteiger partial charge in [-0.2, -0.15) is 0 Å². The molecule has 2 aliphatic heterocycles. The van der Waals surface area contributed by atoms with Crippen LogP contribution in [-0.4, -0.2) is 56.4 Å². The maximum absolute atomic E-state index is 10.4. The lowest BCUT2D eigenvalue weighted by molar-refractivity contribution is 0.183. The van der Waals surface area contributed by atoms with Gasteiger partial charge in [-0.15, -0.1) is 12.4 Å². The number of phenols is 4. The van der Waals surface area contributed by atoms with Crippen molar-refractivity contribution in [2.45, 2.75) is 64.5 Å². The van der Waals surface area contributed by atoms with Crippen LogP contribution in [0.1, 0.15) is 72.2 Å². The summed E-state index contributed by atoms with van der Waals surface area (Å²) in [6, 6.07) is 20.6. The third-order valence-corrected chi connectivity index (χ3v) is 10.2. The van der Waals surface area contributed by atoms with Gasteiger partial charge >= 0.3 is 0 Å².